The molecule has 2 aromatic rings. The molecule has 27 heavy (non-hydrogen) atoms. The van der Waals surface area contributed by atoms with Crippen LogP contribution in [0.5, 0.6) is 5.75 Å². The monoisotopic (exact) mass is 411 g/mol. The molecule has 0 fully saturated rings. The molecule has 1 aromatic carbocycles. The van der Waals surface area contributed by atoms with E-state index >= 15 is 0 Å². The first kappa shape index (κ1) is 20.9. The van der Waals surface area contributed by atoms with Crippen LogP contribution in [0, 0.1) is 19.7 Å². The fraction of sp³-hybridized carbons (Fsp3) is 0.278. The van der Waals surface area contributed by atoms with Gasteiger partial charge in [0.05, 0.1) is 15.7 Å². The third-order valence-electron chi connectivity index (χ3n) is 3.41. The normalized spacial score (nSPS) is 10.4. The Kier molecular flexibility index (Phi) is 7.32. The number of rotatable bonds is 8. The van der Waals surface area contributed by atoms with Crippen molar-refractivity contribution in [3.05, 3.63) is 56.9 Å². The van der Waals surface area contributed by atoms with Crippen molar-refractivity contribution in [1.82, 2.24) is 15.6 Å². The highest BCUT2D eigenvalue weighted by atomic mass is 35.5. The Balaban J connectivity index is 1.69. The van der Waals surface area contributed by atoms with Gasteiger partial charge >= 0.3 is 0 Å². The number of nitrogens with zero attached hydrogens (tertiary/aromatic N) is 1. The zero-order valence-electron chi connectivity index (χ0n) is 14.9. The first-order chi connectivity index (χ1) is 12.8. The van der Waals surface area contributed by atoms with Gasteiger partial charge in [-0.05, 0) is 26.0 Å². The highest BCUT2D eigenvalue weighted by Crippen LogP contribution is 2.20. The molecule has 0 spiro atoms. The summed E-state index contributed by atoms with van der Waals surface area (Å²) in [6.07, 6.45) is 0.365. The van der Waals surface area contributed by atoms with Gasteiger partial charge < -0.3 is 15.4 Å². The van der Waals surface area contributed by atoms with Crippen molar-refractivity contribution in [2.45, 2.75) is 20.3 Å². The molecule has 0 saturated carbocycles. The topological polar surface area (TPSA) is 80.3 Å². The molecule has 0 unspecified atom stereocenters. The van der Waals surface area contributed by atoms with Gasteiger partial charge in [0, 0.05) is 24.7 Å². The molecule has 0 aliphatic heterocycles. The highest BCUT2D eigenvalue weighted by molar-refractivity contribution is 7.13. The van der Waals surface area contributed by atoms with E-state index in [0.29, 0.717) is 22.7 Å². The summed E-state index contributed by atoms with van der Waals surface area (Å²) in [6, 6.07) is 3.93. The second-order valence-electron chi connectivity index (χ2n) is 5.67. The lowest BCUT2D eigenvalue weighted by atomic mass is 10.3. The average Bonchev–Trinajstić information content (AvgIpc) is 2.94. The molecule has 2 amide bonds. The minimum Gasteiger partial charge on any atom is -0.484 e. The summed E-state index contributed by atoms with van der Waals surface area (Å²) < 4.78 is 18.5. The lowest BCUT2D eigenvalue weighted by Gasteiger charge is -2.10. The second kappa shape index (κ2) is 9.48. The second-order valence-corrected chi connectivity index (χ2v) is 7.28. The Morgan fingerprint density at radius 2 is 2.11 bits per heavy atom. The number of amides is 2. The van der Waals surface area contributed by atoms with Crippen LogP contribution in [0.4, 0.5) is 4.39 Å². The van der Waals surface area contributed by atoms with Gasteiger partial charge in [-0.1, -0.05) is 18.2 Å². The number of halogens is 2. The Morgan fingerprint density at radius 3 is 2.74 bits per heavy atom. The first-order valence-corrected chi connectivity index (χ1v) is 9.23. The number of aryl methyl sites for hydroxylation is 2. The highest BCUT2D eigenvalue weighted by Gasteiger charge is 2.14. The van der Waals surface area contributed by atoms with Crippen molar-refractivity contribution in [1.29, 1.82) is 0 Å². The number of ether oxygens (including phenoxy) is 1. The molecular weight excluding hydrogens is 393 g/mol. The third-order valence-corrected chi connectivity index (χ3v) is 4.79. The maximum absolute atomic E-state index is 13.3. The van der Waals surface area contributed by atoms with Gasteiger partial charge in [0.2, 0.25) is 0 Å². The number of hydrogen-bond donors (Lipinski definition) is 2. The van der Waals surface area contributed by atoms with Crippen molar-refractivity contribution < 1.29 is 18.7 Å². The van der Waals surface area contributed by atoms with Crippen molar-refractivity contribution in [3.8, 4) is 5.75 Å². The van der Waals surface area contributed by atoms with Crippen molar-refractivity contribution in [2.24, 2.45) is 0 Å². The van der Waals surface area contributed by atoms with Crippen molar-refractivity contribution in [3.63, 3.8) is 0 Å². The van der Waals surface area contributed by atoms with E-state index in [9.17, 15) is 14.0 Å². The average molecular weight is 412 g/mol. The standard InChI is InChI=1S/C18H19ClFN3O3S/c1-10(22-18(25)17-11(2)23-12(3)27-17)6-7-21-16(24)9-26-13-4-5-14(19)15(20)8-13/h4-5,8H,1,6-7,9H2,2-3H3,(H,21,24)(H,22,25). The molecule has 0 aliphatic rings. The number of carbonyl (C=O) groups excluding carboxylic acids is 2. The summed E-state index contributed by atoms with van der Waals surface area (Å²) in [6.45, 7) is 7.40. The van der Waals surface area contributed by atoms with Crippen LogP contribution in [-0.4, -0.2) is 29.9 Å². The predicted molar refractivity (Wildman–Crippen MR) is 103 cm³/mol. The van der Waals surface area contributed by atoms with E-state index in [1.807, 2.05) is 6.92 Å². The Labute approximate surface area is 165 Å². The molecular formula is C18H19ClFN3O3S. The summed E-state index contributed by atoms with van der Waals surface area (Å²) in [4.78, 5) is 28.7. The molecule has 9 heteroatoms. The van der Waals surface area contributed by atoms with E-state index in [0.717, 1.165) is 11.1 Å². The van der Waals surface area contributed by atoms with Gasteiger partial charge in [0.15, 0.2) is 6.61 Å². The molecule has 2 rings (SSSR count). The van der Waals surface area contributed by atoms with Crippen LogP contribution in [0.3, 0.4) is 0 Å². The van der Waals surface area contributed by atoms with Crippen LogP contribution in [-0.2, 0) is 4.79 Å². The minimum absolute atomic E-state index is 0.0176. The summed E-state index contributed by atoms with van der Waals surface area (Å²) >= 11 is 6.89. The van der Waals surface area contributed by atoms with E-state index in [2.05, 4.69) is 22.2 Å². The van der Waals surface area contributed by atoms with Gasteiger partial charge in [-0.25, -0.2) is 9.37 Å². The van der Waals surface area contributed by atoms with Crippen LogP contribution < -0.4 is 15.4 Å². The quantitative estimate of drug-likeness (QED) is 0.697. The largest absolute Gasteiger partial charge is 0.484 e. The van der Waals surface area contributed by atoms with Gasteiger partial charge in [-0.3, -0.25) is 9.59 Å². The zero-order valence-corrected chi connectivity index (χ0v) is 16.5. The van der Waals surface area contributed by atoms with Gasteiger partial charge in [0.1, 0.15) is 16.4 Å². The maximum atomic E-state index is 13.3. The Morgan fingerprint density at radius 1 is 1.37 bits per heavy atom. The molecule has 0 aliphatic carbocycles. The lowest BCUT2D eigenvalue weighted by Crippen LogP contribution is -2.31. The molecule has 0 saturated heterocycles. The molecule has 6 nitrogen and oxygen atoms in total. The van der Waals surface area contributed by atoms with E-state index in [1.54, 1.807) is 6.92 Å². The number of nitrogens with one attached hydrogen (secondary N) is 2. The molecule has 0 bridgehead atoms. The Bertz CT molecular complexity index is 870. The van der Waals surface area contributed by atoms with E-state index in [-0.39, 0.29) is 35.7 Å². The maximum Gasteiger partial charge on any atom is 0.267 e. The molecule has 1 heterocycles. The number of carbonyl (C=O) groups is 2. The van der Waals surface area contributed by atoms with Crippen molar-refractivity contribution >= 4 is 34.8 Å². The van der Waals surface area contributed by atoms with Gasteiger partial charge in [0.25, 0.3) is 11.8 Å². The van der Waals surface area contributed by atoms with Crippen LogP contribution >= 0.6 is 22.9 Å². The molecule has 0 radical (unpaired) electrons. The summed E-state index contributed by atoms with van der Waals surface area (Å²) in [5, 5.41) is 6.12. The fourth-order valence-electron chi connectivity index (χ4n) is 2.14. The van der Waals surface area contributed by atoms with Crippen LogP contribution in [0.1, 0.15) is 26.8 Å². The predicted octanol–water partition coefficient (Wildman–Crippen LogP) is 3.38. The van der Waals surface area contributed by atoms with Crippen LogP contribution in [0.15, 0.2) is 30.5 Å². The van der Waals surface area contributed by atoms with Crippen molar-refractivity contribution in [2.75, 3.05) is 13.2 Å². The summed E-state index contributed by atoms with van der Waals surface area (Å²) in [5.74, 6) is -1.05. The molecule has 0 atom stereocenters. The van der Waals surface area contributed by atoms with E-state index in [4.69, 9.17) is 16.3 Å². The zero-order chi connectivity index (χ0) is 20.0. The molecule has 2 N–H and O–H groups in total. The molecule has 1 aromatic heterocycles. The SMILES string of the molecule is C=C(CCNC(=O)COc1ccc(Cl)c(F)c1)NC(=O)c1sc(C)nc1C. The summed E-state index contributed by atoms with van der Waals surface area (Å²) in [7, 11) is 0. The van der Waals surface area contributed by atoms with Crippen LogP contribution in [0.25, 0.3) is 0 Å². The Hall–Kier alpha value is -2.45. The first-order valence-electron chi connectivity index (χ1n) is 8.04. The number of hydrogen-bond acceptors (Lipinski definition) is 5. The lowest BCUT2D eigenvalue weighted by molar-refractivity contribution is -0.123. The minimum atomic E-state index is -0.618. The van der Waals surface area contributed by atoms with E-state index in [1.165, 1.54) is 23.5 Å². The number of benzene rings is 1. The fourth-order valence-corrected chi connectivity index (χ4v) is 3.07. The molecule has 144 valence electrons. The van der Waals surface area contributed by atoms with E-state index < -0.39 is 5.82 Å². The third kappa shape index (κ3) is 6.33. The number of thiazole rings is 1. The van der Waals surface area contributed by atoms with Crippen LogP contribution in [0.2, 0.25) is 5.02 Å². The van der Waals surface area contributed by atoms with Gasteiger partial charge in [-0.2, -0.15) is 0 Å². The summed E-state index contributed by atoms with van der Waals surface area (Å²) in [5.41, 5.74) is 1.15. The smallest absolute Gasteiger partial charge is 0.267 e. The van der Waals surface area contributed by atoms with Gasteiger partial charge in [-0.15, -0.1) is 11.3 Å². The number of aromatic nitrogens is 1.